The van der Waals surface area contributed by atoms with E-state index in [4.69, 9.17) is 4.74 Å². The van der Waals surface area contributed by atoms with Gasteiger partial charge in [0.25, 0.3) is 0 Å². The molecule has 0 amide bonds. The Morgan fingerprint density at radius 3 is 2.90 bits per heavy atom. The Labute approximate surface area is 123 Å². The minimum absolute atomic E-state index is 0.323. The van der Waals surface area contributed by atoms with E-state index in [0.29, 0.717) is 12.1 Å². The lowest BCUT2D eigenvalue weighted by Crippen LogP contribution is -2.37. The van der Waals surface area contributed by atoms with E-state index in [1.54, 1.807) is 0 Å². The van der Waals surface area contributed by atoms with Gasteiger partial charge >= 0.3 is 0 Å². The smallest absolute Gasteiger partial charge is 0.124 e. The number of piperidine rings is 1. The summed E-state index contributed by atoms with van der Waals surface area (Å²) in [4.78, 5) is 2.48. The van der Waals surface area contributed by atoms with Gasteiger partial charge in [0.1, 0.15) is 5.75 Å². The van der Waals surface area contributed by atoms with Crippen molar-refractivity contribution >= 4 is 0 Å². The van der Waals surface area contributed by atoms with Crippen LogP contribution in [0, 0.1) is 0 Å². The first-order valence-electron chi connectivity index (χ1n) is 7.81. The van der Waals surface area contributed by atoms with Crippen LogP contribution in [-0.4, -0.2) is 38.2 Å². The maximum absolute atomic E-state index is 6.04. The SMILES string of the molecule is CNC(C)c1ccccc1OCCC1CCCCN1C. The van der Waals surface area contributed by atoms with Crippen LogP contribution in [0.1, 0.15) is 44.2 Å². The quantitative estimate of drug-likeness (QED) is 0.863. The molecule has 3 nitrogen and oxygen atoms in total. The predicted molar refractivity (Wildman–Crippen MR) is 84.3 cm³/mol. The molecule has 2 unspecified atom stereocenters. The molecule has 0 spiro atoms. The molecule has 1 saturated heterocycles. The molecule has 1 aliphatic heterocycles. The fourth-order valence-corrected chi connectivity index (χ4v) is 2.94. The van der Waals surface area contributed by atoms with Crippen molar-refractivity contribution in [2.45, 2.75) is 44.7 Å². The van der Waals surface area contributed by atoms with E-state index in [2.05, 4.69) is 42.4 Å². The van der Waals surface area contributed by atoms with Crippen molar-refractivity contribution < 1.29 is 4.74 Å². The van der Waals surface area contributed by atoms with Crippen LogP contribution in [-0.2, 0) is 0 Å². The van der Waals surface area contributed by atoms with Crippen LogP contribution in [0.15, 0.2) is 24.3 Å². The summed E-state index contributed by atoms with van der Waals surface area (Å²) in [6.07, 6.45) is 5.14. The van der Waals surface area contributed by atoms with Gasteiger partial charge in [0, 0.05) is 17.6 Å². The number of rotatable bonds is 6. The molecule has 1 N–H and O–H groups in total. The summed E-state index contributed by atoms with van der Waals surface area (Å²) in [7, 11) is 4.22. The molecule has 1 fully saturated rings. The molecule has 1 heterocycles. The molecule has 0 bridgehead atoms. The molecule has 0 aliphatic carbocycles. The van der Waals surface area contributed by atoms with Crippen molar-refractivity contribution in [3.8, 4) is 5.75 Å². The van der Waals surface area contributed by atoms with E-state index in [-0.39, 0.29) is 0 Å². The van der Waals surface area contributed by atoms with Crippen LogP contribution >= 0.6 is 0 Å². The Morgan fingerprint density at radius 1 is 1.35 bits per heavy atom. The molecule has 20 heavy (non-hydrogen) atoms. The van der Waals surface area contributed by atoms with Gasteiger partial charge in [0.05, 0.1) is 6.61 Å². The van der Waals surface area contributed by atoms with Gasteiger partial charge in [-0.2, -0.15) is 0 Å². The van der Waals surface area contributed by atoms with Crippen molar-refractivity contribution in [2.24, 2.45) is 0 Å². The second-order valence-electron chi connectivity index (χ2n) is 5.82. The minimum atomic E-state index is 0.323. The zero-order chi connectivity index (χ0) is 14.4. The Kier molecular flexibility index (Phi) is 5.86. The molecule has 2 atom stereocenters. The number of benzene rings is 1. The van der Waals surface area contributed by atoms with Gasteiger partial charge in [-0.3, -0.25) is 0 Å². The number of likely N-dealkylation sites (tertiary alicyclic amines) is 1. The molecule has 1 aromatic carbocycles. The first-order valence-corrected chi connectivity index (χ1v) is 7.81. The maximum Gasteiger partial charge on any atom is 0.124 e. The highest BCUT2D eigenvalue weighted by Crippen LogP contribution is 2.25. The molecule has 1 aliphatic rings. The zero-order valence-electron chi connectivity index (χ0n) is 13.1. The molecule has 0 aromatic heterocycles. The van der Waals surface area contributed by atoms with E-state index >= 15 is 0 Å². The van der Waals surface area contributed by atoms with Gasteiger partial charge in [0.2, 0.25) is 0 Å². The van der Waals surface area contributed by atoms with E-state index in [1.807, 2.05) is 13.1 Å². The third-order valence-electron chi connectivity index (χ3n) is 4.45. The number of hydrogen-bond donors (Lipinski definition) is 1. The number of nitrogens with zero attached hydrogens (tertiary/aromatic N) is 1. The lowest BCUT2D eigenvalue weighted by Gasteiger charge is -2.32. The van der Waals surface area contributed by atoms with E-state index < -0.39 is 0 Å². The average Bonchev–Trinajstić information content (AvgIpc) is 2.49. The Hall–Kier alpha value is -1.06. The molecule has 1 aromatic rings. The molecule has 112 valence electrons. The van der Waals surface area contributed by atoms with Gasteiger partial charge in [0.15, 0.2) is 0 Å². The van der Waals surface area contributed by atoms with Crippen molar-refractivity contribution in [1.29, 1.82) is 0 Å². The Morgan fingerprint density at radius 2 is 2.15 bits per heavy atom. The normalized spacial score (nSPS) is 21.6. The van der Waals surface area contributed by atoms with Gasteiger partial charge in [-0.15, -0.1) is 0 Å². The van der Waals surface area contributed by atoms with Gasteiger partial charge in [-0.25, -0.2) is 0 Å². The second kappa shape index (κ2) is 7.65. The monoisotopic (exact) mass is 276 g/mol. The van der Waals surface area contributed by atoms with Crippen LogP contribution in [0.3, 0.4) is 0 Å². The predicted octanol–water partition coefficient (Wildman–Crippen LogP) is 3.22. The summed E-state index contributed by atoms with van der Waals surface area (Å²) in [6.45, 7) is 4.21. The minimum Gasteiger partial charge on any atom is -0.493 e. The fourth-order valence-electron chi connectivity index (χ4n) is 2.94. The number of ether oxygens (including phenoxy) is 1. The molecule has 0 radical (unpaired) electrons. The molecular weight excluding hydrogens is 248 g/mol. The Bertz CT molecular complexity index is 408. The van der Waals surface area contributed by atoms with Crippen molar-refractivity contribution in [2.75, 3.05) is 27.2 Å². The third-order valence-corrected chi connectivity index (χ3v) is 4.45. The molecule has 3 heteroatoms. The summed E-state index contributed by atoms with van der Waals surface area (Å²) in [5.41, 5.74) is 1.24. The third kappa shape index (κ3) is 3.97. The van der Waals surface area contributed by atoms with Crippen LogP contribution in [0.2, 0.25) is 0 Å². The second-order valence-corrected chi connectivity index (χ2v) is 5.82. The van der Waals surface area contributed by atoms with E-state index in [1.165, 1.54) is 31.4 Å². The lowest BCUT2D eigenvalue weighted by molar-refractivity contribution is 0.152. The van der Waals surface area contributed by atoms with Crippen LogP contribution in [0.5, 0.6) is 5.75 Å². The Balaban J connectivity index is 1.87. The lowest BCUT2D eigenvalue weighted by atomic mass is 10.0. The first-order chi connectivity index (χ1) is 9.72. The van der Waals surface area contributed by atoms with E-state index in [9.17, 15) is 0 Å². The molecule has 2 rings (SSSR count). The molecule has 0 saturated carbocycles. The zero-order valence-corrected chi connectivity index (χ0v) is 13.1. The van der Waals surface area contributed by atoms with Gasteiger partial charge < -0.3 is 15.0 Å². The van der Waals surface area contributed by atoms with Gasteiger partial charge in [-0.05, 0) is 52.9 Å². The van der Waals surface area contributed by atoms with Crippen LogP contribution in [0.25, 0.3) is 0 Å². The average molecular weight is 276 g/mol. The molecular formula is C17H28N2O. The number of hydrogen-bond acceptors (Lipinski definition) is 3. The highest BCUT2D eigenvalue weighted by atomic mass is 16.5. The summed E-state index contributed by atoms with van der Waals surface area (Å²) in [6, 6.07) is 9.36. The first kappa shape index (κ1) is 15.3. The summed E-state index contributed by atoms with van der Waals surface area (Å²) >= 11 is 0. The largest absolute Gasteiger partial charge is 0.493 e. The van der Waals surface area contributed by atoms with Crippen molar-refractivity contribution in [3.05, 3.63) is 29.8 Å². The highest BCUT2D eigenvalue weighted by molar-refractivity contribution is 5.35. The van der Waals surface area contributed by atoms with E-state index in [0.717, 1.165) is 18.8 Å². The van der Waals surface area contributed by atoms with Gasteiger partial charge in [-0.1, -0.05) is 24.6 Å². The summed E-state index contributed by atoms with van der Waals surface area (Å²) in [5.74, 6) is 1.02. The topological polar surface area (TPSA) is 24.5 Å². The number of para-hydroxylation sites is 1. The maximum atomic E-state index is 6.04. The highest BCUT2D eigenvalue weighted by Gasteiger charge is 2.18. The number of nitrogens with one attached hydrogen (secondary N) is 1. The van der Waals surface area contributed by atoms with Crippen molar-refractivity contribution in [1.82, 2.24) is 10.2 Å². The summed E-state index contributed by atoms with van der Waals surface area (Å²) in [5, 5.41) is 3.28. The van der Waals surface area contributed by atoms with Crippen molar-refractivity contribution in [3.63, 3.8) is 0 Å². The fraction of sp³-hybridized carbons (Fsp3) is 0.647. The van der Waals surface area contributed by atoms with Crippen LogP contribution < -0.4 is 10.1 Å². The summed E-state index contributed by atoms with van der Waals surface area (Å²) < 4.78 is 6.04. The standard InChI is InChI=1S/C17H28N2O/c1-14(18-2)16-9-4-5-10-17(16)20-13-11-15-8-6-7-12-19(15)3/h4-5,9-10,14-15,18H,6-8,11-13H2,1-3H3. The van der Waals surface area contributed by atoms with Crippen LogP contribution in [0.4, 0.5) is 0 Å².